The first-order valence-corrected chi connectivity index (χ1v) is 8.28. The first-order chi connectivity index (χ1) is 11.2. The van der Waals surface area contributed by atoms with E-state index in [-0.39, 0.29) is 5.82 Å². The van der Waals surface area contributed by atoms with E-state index in [0.717, 1.165) is 43.9 Å². The minimum atomic E-state index is -0.158. The van der Waals surface area contributed by atoms with E-state index >= 15 is 0 Å². The lowest BCUT2D eigenvalue weighted by Gasteiger charge is -2.26. The van der Waals surface area contributed by atoms with Crippen LogP contribution in [-0.4, -0.2) is 29.5 Å². The first-order valence-electron chi connectivity index (χ1n) is 8.28. The highest BCUT2D eigenvalue weighted by molar-refractivity contribution is 5.26. The van der Waals surface area contributed by atoms with Crippen molar-refractivity contribution in [2.45, 2.75) is 26.4 Å². The van der Waals surface area contributed by atoms with Crippen molar-refractivity contribution in [1.29, 1.82) is 0 Å². The van der Waals surface area contributed by atoms with Crippen LogP contribution in [-0.2, 0) is 13.1 Å². The molecule has 0 saturated carbocycles. The monoisotopic (exact) mass is 313 g/mol. The highest BCUT2D eigenvalue weighted by atomic mass is 19.1. The number of nitrogens with one attached hydrogen (secondary N) is 1. The molecule has 3 nitrogen and oxygen atoms in total. The maximum atomic E-state index is 13.6. The summed E-state index contributed by atoms with van der Waals surface area (Å²) in [5, 5.41) is 3.43. The van der Waals surface area contributed by atoms with Gasteiger partial charge in [0.2, 0.25) is 0 Å². The Balaban J connectivity index is 1.74. The van der Waals surface area contributed by atoms with Crippen LogP contribution in [0.15, 0.2) is 42.7 Å². The molecule has 0 radical (unpaired) electrons. The van der Waals surface area contributed by atoms with Crippen molar-refractivity contribution < 1.29 is 4.39 Å². The van der Waals surface area contributed by atoms with Crippen LogP contribution < -0.4 is 5.32 Å². The molecule has 1 unspecified atom stereocenters. The molecule has 1 aliphatic rings. The van der Waals surface area contributed by atoms with E-state index in [2.05, 4.69) is 21.3 Å². The van der Waals surface area contributed by atoms with E-state index in [1.54, 1.807) is 12.3 Å². The summed E-state index contributed by atoms with van der Waals surface area (Å²) in [5.74, 6) is 0.509. The molecule has 2 heterocycles. The van der Waals surface area contributed by atoms with Crippen LogP contribution in [0.3, 0.4) is 0 Å². The van der Waals surface area contributed by atoms with Crippen LogP contribution in [0.25, 0.3) is 0 Å². The van der Waals surface area contributed by atoms with Gasteiger partial charge >= 0.3 is 0 Å². The predicted molar refractivity (Wildman–Crippen MR) is 90.5 cm³/mol. The topological polar surface area (TPSA) is 28.2 Å². The molecule has 1 fully saturated rings. The quantitative estimate of drug-likeness (QED) is 0.888. The number of rotatable bonds is 6. The van der Waals surface area contributed by atoms with Crippen molar-refractivity contribution in [3.05, 3.63) is 65.2 Å². The van der Waals surface area contributed by atoms with Gasteiger partial charge in [-0.3, -0.25) is 9.88 Å². The Morgan fingerprint density at radius 1 is 1.30 bits per heavy atom. The first kappa shape index (κ1) is 16.1. The van der Waals surface area contributed by atoms with E-state index in [0.29, 0.717) is 5.92 Å². The second kappa shape index (κ2) is 7.66. The number of hydrogen-bond acceptors (Lipinski definition) is 3. The van der Waals surface area contributed by atoms with Gasteiger partial charge in [-0.25, -0.2) is 4.39 Å². The molecule has 1 aromatic carbocycles. The molecule has 0 amide bonds. The Morgan fingerprint density at radius 3 is 2.96 bits per heavy atom. The highest BCUT2D eigenvalue weighted by Gasteiger charge is 2.19. The standard InChI is InChI=1S/C19H24FN3/c1-15-4-5-19(20)9-18(15)14-23(13-17-6-8-22-11-17)12-16-3-2-7-21-10-16/h2-5,7,9-10,17,22H,6,8,11-14H2,1H3. The van der Waals surface area contributed by atoms with Gasteiger partial charge in [0, 0.05) is 32.0 Å². The summed E-state index contributed by atoms with van der Waals surface area (Å²) < 4.78 is 13.6. The van der Waals surface area contributed by atoms with Gasteiger partial charge in [0.25, 0.3) is 0 Å². The van der Waals surface area contributed by atoms with Crippen molar-refractivity contribution in [2.24, 2.45) is 5.92 Å². The maximum Gasteiger partial charge on any atom is 0.123 e. The molecular formula is C19H24FN3. The molecule has 122 valence electrons. The van der Waals surface area contributed by atoms with Gasteiger partial charge in [-0.15, -0.1) is 0 Å². The van der Waals surface area contributed by atoms with Crippen LogP contribution in [0.2, 0.25) is 0 Å². The second-order valence-corrected chi connectivity index (χ2v) is 6.46. The fraction of sp³-hybridized carbons (Fsp3) is 0.421. The summed E-state index contributed by atoms with van der Waals surface area (Å²) in [4.78, 5) is 6.62. The number of halogens is 1. The van der Waals surface area contributed by atoms with Gasteiger partial charge < -0.3 is 5.32 Å². The summed E-state index contributed by atoms with van der Waals surface area (Å²) in [7, 11) is 0. The molecule has 1 aromatic heterocycles. The summed E-state index contributed by atoms with van der Waals surface area (Å²) in [5.41, 5.74) is 3.42. The summed E-state index contributed by atoms with van der Waals surface area (Å²) in [6.45, 7) is 6.87. The zero-order valence-corrected chi connectivity index (χ0v) is 13.6. The number of aromatic nitrogens is 1. The third kappa shape index (κ3) is 4.60. The molecule has 1 atom stereocenters. The Kier molecular flexibility index (Phi) is 5.36. The van der Waals surface area contributed by atoms with Crippen molar-refractivity contribution in [2.75, 3.05) is 19.6 Å². The van der Waals surface area contributed by atoms with E-state index in [9.17, 15) is 4.39 Å². The van der Waals surface area contributed by atoms with Gasteiger partial charge in [-0.1, -0.05) is 12.1 Å². The van der Waals surface area contributed by atoms with Crippen LogP contribution in [0.5, 0.6) is 0 Å². The van der Waals surface area contributed by atoms with Crippen molar-refractivity contribution in [1.82, 2.24) is 15.2 Å². The third-order valence-corrected chi connectivity index (χ3v) is 4.51. The molecule has 3 rings (SSSR count). The molecule has 1 saturated heterocycles. The molecule has 23 heavy (non-hydrogen) atoms. The Labute approximate surface area is 137 Å². The van der Waals surface area contributed by atoms with Gasteiger partial charge in [0.15, 0.2) is 0 Å². The lowest BCUT2D eigenvalue weighted by atomic mass is 10.0. The van der Waals surface area contributed by atoms with Crippen molar-refractivity contribution >= 4 is 0 Å². The van der Waals surface area contributed by atoms with Gasteiger partial charge in [0.05, 0.1) is 0 Å². The van der Waals surface area contributed by atoms with E-state index in [1.807, 2.05) is 25.3 Å². The smallest absolute Gasteiger partial charge is 0.123 e. The average Bonchev–Trinajstić information content (AvgIpc) is 3.05. The zero-order valence-electron chi connectivity index (χ0n) is 13.6. The average molecular weight is 313 g/mol. The summed E-state index contributed by atoms with van der Waals surface area (Å²) >= 11 is 0. The molecule has 0 aliphatic carbocycles. The lowest BCUT2D eigenvalue weighted by Crippen LogP contribution is -2.30. The van der Waals surface area contributed by atoms with Crippen LogP contribution in [0.4, 0.5) is 4.39 Å². The minimum absolute atomic E-state index is 0.158. The normalized spacial score (nSPS) is 17.8. The molecule has 2 aromatic rings. The zero-order chi connectivity index (χ0) is 16.1. The van der Waals surface area contributed by atoms with Gasteiger partial charge in [-0.2, -0.15) is 0 Å². The molecule has 0 spiro atoms. The van der Waals surface area contributed by atoms with E-state index in [4.69, 9.17) is 0 Å². The van der Waals surface area contributed by atoms with Crippen LogP contribution in [0, 0.1) is 18.7 Å². The molecule has 0 bridgehead atoms. The van der Waals surface area contributed by atoms with Crippen LogP contribution >= 0.6 is 0 Å². The highest BCUT2D eigenvalue weighted by Crippen LogP contribution is 2.18. The Morgan fingerprint density at radius 2 is 2.22 bits per heavy atom. The number of pyridine rings is 1. The number of benzene rings is 1. The van der Waals surface area contributed by atoms with Crippen molar-refractivity contribution in [3.8, 4) is 0 Å². The fourth-order valence-electron chi connectivity index (χ4n) is 3.22. The van der Waals surface area contributed by atoms with Gasteiger partial charge in [-0.05, 0) is 67.2 Å². The third-order valence-electron chi connectivity index (χ3n) is 4.51. The Hall–Kier alpha value is -1.78. The van der Waals surface area contributed by atoms with Gasteiger partial charge in [0.1, 0.15) is 5.82 Å². The number of nitrogens with zero attached hydrogens (tertiary/aromatic N) is 2. The summed E-state index contributed by atoms with van der Waals surface area (Å²) in [6, 6.07) is 9.14. The lowest BCUT2D eigenvalue weighted by molar-refractivity contribution is 0.220. The molecular weight excluding hydrogens is 289 g/mol. The van der Waals surface area contributed by atoms with E-state index < -0.39 is 0 Å². The largest absolute Gasteiger partial charge is 0.316 e. The fourth-order valence-corrected chi connectivity index (χ4v) is 3.22. The minimum Gasteiger partial charge on any atom is -0.316 e. The van der Waals surface area contributed by atoms with Crippen molar-refractivity contribution in [3.63, 3.8) is 0 Å². The Bertz CT molecular complexity index is 624. The van der Waals surface area contributed by atoms with E-state index in [1.165, 1.54) is 18.1 Å². The predicted octanol–water partition coefficient (Wildman–Crippen LogP) is 3.14. The summed E-state index contributed by atoms with van der Waals surface area (Å²) in [6.07, 6.45) is 4.93. The SMILES string of the molecule is Cc1ccc(F)cc1CN(Cc1cccnc1)CC1CCNC1. The van der Waals surface area contributed by atoms with Crippen LogP contribution in [0.1, 0.15) is 23.1 Å². The molecule has 1 aliphatic heterocycles. The number of aryl methyl sites for hydroxylation is 1. The molecule has 4 heteroatoms. The second-order valence-electron chi connectivity index (χ2n) is 6.46. The number of hydrogen-bond donors (Lipinski definition) is 1. The maximum absolute atomic E-state index is 13.6. The molecule has 1 N–H and O–H groups in total.